The molecule has 1 aromatic heterocycles. The SMILES string of the molecule is COc1ccc(/C=N\NC(=O)CC#N)cc1CN1C[C@H]2C[C@H](C1)c1cccc(=O)n1C2. The molecule has 1 aromatic carbocycles. The van der Waals surface area contributed by atoms with Crippen molar-refractivity contribution >= 4 is 12.1 Å². The lowest BCUT2D eigenvalue weighted by Crippen LogP contribution is -2.46. The van der Waals surface area contributed by atoms with Gasteiger partial charge in [-0.25, -0.2) is 5.43 Å². The molecule has 0 aliphatic carbocycles. The van der Waals surface area contributed by atoms with Crippen molar-refractivity contribution in [1.82, 2.24) is 14.9 Å². The predicted molar refractivity (Wildman–Crippen MR) is 116 cm³/mol. The van der Waals surface area contributed by atoms with Crippen molar-refractivity contribution in [2.75, 3.05) is 20.2 Å². The smallest absolute Gasteiger partial charge is 0.254 e. The molecule has 8 heteroatoms. The number of ether oxygens (including phenoxy) is 1. The normalized spacial score (nSPS) is 20.1. The second-order valence-corrected chi connectivity index (χ2v) is 8.09. The number of rotatable bonds is 6. The Kier molecular flexibility index (Phi) is 6.14. The minimum absolute atomic E-state index is 0.0937. The maximum atomic E-state index is 12.2. The third-order valence-corrected chi connectivity index (χ3v) is 5.90. The van der Waals surface area contributed by atoms with Crippen LogP contribution in [0.4, 0.5) is 0 Å². The van der Waals surface area contributed by atoms with Crippen LogP contribution in [0.5, 0.6) is 5.75 Å². The molecule has 0 saturated carbocycles. The van der Waals surface area contributed by atoms with Crippen LogP contribution in [0, 0.1) is 17.2 Å². The predicted octanol–water partition coefficient (Wildman–Crippen LogP) is 1.84. The van der Waals surface area contributed by atoms with Crippen molar-refractivity contribution in [3.8, 4) is 11.8 Å². The molecule has 1 saturated heterocycles. The van der Waals surface area contributed by atoms with Gasteiger partial charge in [0, 0.05) is 49.4 Å². The van der Waals surface area contributed by atoms with E-state index in [1.165, 1.54) is 0 Å². The molecule has 160 valence electrons. The minimum Gasteiger partial charge on any atom is -0.496 e. The van der Waals surface area contributed by atoms with Gasteiger partial charge in [-0.3, -0.25) is 14.5 Å². The first-order valence-electron chi connectivity index (χ1n) is 10.3. The third kappa shape index (κ3) is 4.67. The number of amides is 1. The van der Waals surface area contributed by atoms with E-state index in [1.807, 2.05) is 28.8 Å². The number of fused-ring (bicyclic) bond motifs is 4. The van der Waals surface area contributed by atoms with Crippen molar-refractivity contribution in [2.45, 2.75) is 31.8 Å². The van der Waals surface area contributed by atoms with Crippen molar-refractivity contribution < 1.29 is 9.53 Å². The van der Waals surface area contributed by atoms with E-state index < -0.39 is 5.91 Å². The zero-order chi connectivity index (χ0) is 21.8. The Balaban J connectivity index is 1.49. The lowest BCUT2D eigenvalue weighted by atomic mass is 9.83. The van der Waals surface area contributed by atoms with E-state index in [1.54, 1.807) is 25.5 Å². The zero-order valence-electron chi connectivity index (χ0n) is 17.5. The number of likely N-dealkylation sites (tertiary alicyclic amines) is 1. The third-order valence-electron chi connectivity index (χ3n) is 5.90. The molecule has 31 heavy (non-hydrogen) atoms. The molecule has 1 amide bonds. The van der Waals surface area contributed by atoms with Gasteiger partial charge in [0.2, 0.25) is 0 Å². The summed E-state index contributed by atoms with van der Waals surface area (Å²) in [6.45, 7) is 3.33. The Bertz CT molecular complexity index is 1100. The molecule has 3 heterocycles. The number of pyridine rings is 1. The number of carbonyl (C=O) groups excluding carboxylic acids is 1. The number of nitriles is 1. The lowest BCUT2D eigenvalue weighted by molar-refractivity contribution is -0.120. The number of hydrogen-bond acceptors (Lipinski definition) is 6. The zero-order valence-corrected chi connectivity index (χ0v) is 17.5. The Labute approximate surface area is 180 Å². The summed E-state index contributed by atoms with van der Waals surface area (Å²) >= 11 is 0. The number of methoxy groups -OCH3 is 1. The van der Waals surface area contributed by atoms with Crippen molar-refractivity contribution in [3.63, 3.8) is 0 Å². The van der Waals surface area contributed by atoms with Gasteiger partial charge in [-0.15, -0.1) is 0 Å². The molecule has 2 aliphatic rings. The van der Waals surface area contributed by atoms with Crippen LogP contribution in [0.15, 0.2) is 46.3 Å². The van der Waals surface area contributed by atoms with E-state index in [4.69, 9.17) is 10.00 Å². The lowest BCUT2D eigenvalue weighted by Gasteiger charge is -2.42. The molecule has 0 spiro atoms. The Morgan fingerprint density at radius 2 is 2.19 bits per heavy atom. The van der Waals surface area contributed by atoms with Gasteiger partial charge in [-0.05, 0) is 42.2 Å². The maximum Gasteiger partial charge on any atom is 0.254 e. The number of carbonyl (C=O) groups is 1. The van der Waals surface area contributed by atoms with E-state index in [0.29, 0.717) is 11.8 Å². The van der Waals surface area contributed by atoms with Gasteiger partial charge >= 0.3 is 0 Å². The number of nitrogens with one attached hydrogen (secondary N) is 1. The fourth-order valence-corrected chi connectivity index (χ4v) is 4.66. The quantitative estimate of drug-likeness (QED) is 0.569. The summed E-state index contributed by atoms with van der Waals surface area (Å²) < 4.78 is 7.50. The van der Waals surface area contributed by atoms with Crippen LogP contribution in [0.25, 0.3) is 0 Å². The van der Waals surface area contributed by atoms with Crippen molar-refractivity contribution in [3.05, 3.63) is 63.6 Å². The number of benzene rings is 1. The average molecular weight is 419 g/mol. The van der Waals surface area contributed by atoms with E-state index in [-0.39, 0.29) is 12.0 Å². The van der Waals surface area contributed by atoms with Gasteiger partial charge in [0.1, 0.15) is 12.2 Å². The van der Waals surface area contributed by atoms with Crippen molar-refractivity contribution in [1.29, 1.82) is 5.26 Å². The van der Waals surface area contributed by atoms with Crippen LogP contribution >= 0.6 is 0 Å². The van der Waals surface area contributed by atoms with E-state index in [0.717, 1.165) is 55.2 Å². The molecule has 1 N–H and O–H groups in total. The second-order valence-electron chi connectivity index (χ2n) is 8.09. The summed E-state index contributed by atoms with van der Waals surface area (Å²) in [7, 11) is 1.66. The van der Waals surface area contributed by atoms with Gasteiger partial charge in [0.25, 0.3) is 11.5 Å². The van der Waals surface area contributed by atoms with Crippen LogP contribution in [0.2, 0.25) is 0 Å². The molecule has 0 unspecified atom stereocenters. The van der Waals surface area contributed by atoms with Gasteiger partial charge in [0.05, 0.1) is 19.4 Å². The summed E-state index contributed by atoms with van der Waals surface area (Å²) in [6.07, 6.45) is 2.45. The van der Waals surface area contributed by atoms with Gasteiger partial charge in [0.15, 0.2) is 0 Å². The fraction of sp³-hybridized carbons (Fsp3) is 0.391. The summed E-state index contributed by atoms with van der Waals surface area (Å²) in [4.78, 5) is 26.0. The highest BCUT2D eigenvalue weighted by molar-refractivity contribution is 5.83. The molecule has 2 bridgehead atoms. The molecule has 2 atom stereocenters. The van der Waals surface area contributed by atoms with E-state index in [9.17, 15) is 9.59 Å². The second kappa shape index (κ2) is 9.14. The number of hydrazone groups is 1. The largest absolute Gasteiger partial charge is 0.496 e. The molecule has 2 aromatic rings. The van der Waals surface area contributed by atoms with Crippen LogP contribution in [-0.4, -0.2) is 41.8 Å². The molecule has 8 nitrogen and oxygen atoms in total. The monoisotopic (exact) mass is 419 g/mol. The highest BCUT2D eigenvalue weighted by atomic mass is 16.5. The summed E-state index contributed by atoms with van der Waals surface area (Å²) in [5, 5.41) is 12.5. The fourth-order valence-electron chi connectivity index (χ4n) is 4.66. The van der Waals surface area contributed by atoms with Crippen LogP contribution in [-0.2, 0) is 17.9 Å². The summed E-state index contributed by atoms with van der Waals surface area (Å²) in [6, 6.07) is 13.1. The molecule has 0 radical (unpaired) electrons. The number of aromatic nitrogens is 1. The number of piperidine rings is 1. The first-order valence-corrected chi connectivity index (χ1v) is 10.3. The Morgan fingerprint density at radius 1 is 1.32 bits per heavy atom. The molecule has 2 aliphatic heterocycles. The summed E-state index contributed by atoms with van der Waals surface area (Å²) in [5.41, 5.74) is 5.45. The van der Waals surface area contributed by atoms with Crippen LogP contribution in [0.3, 0.4) is 0 Å². The highest BCUT2D eigenvalue weighted by Crippen LogP contribution is 2.36. The molecular weight excluding hydrogens is 394 g/mol. The molecular formula is C23H25N5O3. The standard InChI is InChI=1S/C23H25N5O3/c1-31-21-6-5-16(11-25-26-22(29)7-8-24)9-19(21)15-27-12-17-10-18(14-27)20-3-2-4-23(30)28(20)13-17/h2-6,9,11,17-18H,7,10,12-15H2,1H3,(H,26,29)/b25-11-/t17-,18-/m1/s1. The topological polar surface area (TPSA) is 99.7 Å². The maximum absolute atomic E-state index is 12.2. The van der Waals surface area contributed by atoms with Gasteiger partial charge < -0.3 is 9.30 Å². The van der Waals surface area contributed by atoms with Crippen LogP contribution in [0.1, 0.15) is 35.6 Å². The Hall–Kier alpha value is -3.44. The van der Waals surface area contributed by atoms with E-state index >= 15 is 0 Å². The molecule has 1 fully saturated rings. The van der Waals surface area contributed by atoms with E-state index in [2.05, 4.69) is 21.5 Å². The van der Waals surface area contributed by atoms with Crippen LogP contribution < -0.4 is 15.7 Å². The average Bonchev–Trinajstić information content (AvgIpc) is 2.75. The number of hydrogen-bond donors (Lipinski definition) is 1. The van der Waals surface area contributed by atoms with Gasteiger partial charge in [-0.1, -0.05) is 6.07 Å². The number of nitrogens with zero attached hydrogens (tertiary/aromatic N) is 4. The first kappa shape index (κ1) is 20.8. The van der Waals surface area contributed by atoms with Crippen molar-refractivity contribution in [2.24, 2.45) is 11.0 Å². The Morgan fingerprint density at radius 3 is 3.00 bits per heavy atom. The highest BCUT2D eigenvalue weighted by Gasteiger charge is 2.34. The summed E-state index contributed by atoms with van der Waals surface area (Å²) in [5.74, 6) is 1.18. The molecule has 4 rings (SSSR count). The minimum atomic E-state index is -0.438. The first-order chi connectivity index (χ1) is 15.1. The van der Waals surface area contributed by atoms with Gasteiger partial charge in [-0.2, -0.15) is 10.4 Å².